The highest BCUT2D eigenvalue weighted by Crippen LogP contribution is 2.41. The van der Waals surface area contributed by atoms with E-state index < -0.39 is 0 Å². The predicted octanol–water partition coefficient (Wildman–Crippen LogP) is 3.04. The van der Waals surface area contributed by atoms with E-state index >= 15 is 0 Å². The Morgan fingerprint density at radius 2 is 1.72 bits per heavy atom. The minimum absolute atomic E-state index is 0. The van der Waals surface area contributed by atoms with Gasteiger partial charge < -0.3 is 11.5 Å². The van der Waals surface area contributed by atoms with Crippen molar-refractivity contribution in [3.8, 4) is 0 Å². The van der Waals surface area contributed by atoms with E-state index in [-0.39, 0.29) is 35.4 Å². The van der Waals surface area contributed by atoms with Crippen molar-refractivity contribution in [2.45, 2.75) is 31.1 Å². The Labute approximate surface area is 130 Å². The van der Waals surface area contributed by atoms with Crippen LogP contribution in [0.25, 0.3) is 0 Å². The average Bonchev–Trinajstić information content (AvgIpc) is 2.77. The molecule has 2 rings (SSSR count). The number of nitrogens with zero attached hydrogens (tertiary/aromatic N) is 1. The number of rotatable bonds is 3. The molecule has 0 saturated heterocycles. The van der Waals surface area contributed by atoms with E-state index in [0.717, 1.165) is 17.9 Å². The fourth-order valence-electron chi connectivity index (χ4n) is 2.64. The topological polar surface area (TPSA) is 64.4 Å². The first-order chi connectivity index (χ1) is 8.12. The van der Waals surface area contributed by atoms with Gasteiger partial charge in [0.2, 0.25) is 0 Å². The van der Waals surface area contributed by atoms with Crippen molar-refractivity contribution in [1.82, 2.24) is 0 Å². The summed E-state index contributed by atoms with van der Waals surface area (Å²) in [7, 11) is 0. The lowest BCUT2D eigenvalue weighted by molar-refractivity contribution is 0.454. The first kappa shape index (κ1) is 15.6. The van der Waals surface area contributed by atoms with E-state index in [1.165, 1.54) is 18.4 Å². The van der Waals surface area contributed by atoms with Crippen LogP contribution in [0.1, 0.15) is 31.2 Å². The van der Waals surface area contributed by atoms with Crippen LogP contribution in [0.5, 0.6) is 0 Å². The van der Waals surface area contributed by atoms with Gasteiger partial charge in [-0.05, 0) is 30.5 Å². The number of hydrogen-bond donors (Lipinski definition) is 2. The van der Waals surface area contributed by atoms with E-state index in [2.05, 4.69) is 17.1 Å². The summed E-state index contributed by atoms with van der Waals surface area (Å²) < 4.78 is 0. The first-order valence-corrected chi connectivity index (χ1v) is 6.32. The number of hydrogen-bond acceptors (Lipinski definition) is 1. The molecule has 1 aliphatic carbocycles. The first-order valence-electron chi connectivity index (χ1n) is 5.94. The maximum atomic E-state index is 5.92. The summed E-state index contributed by atoms with van der Waals surface area (Å²) in [6.45, 7) is 0.678. The minimum atomic E-state index is 0. The summed E-state index contributed by atoms with van der Waals surface area (Å²) in [5.41, 5.74) is 12.3. The zero-order chi connectivity index (χ0) is 12.3. The van der Waals surface area contributed by atoms with E-state index in [1.807, 2.05) is 12.1 Å². The lowest BCUT2D eigenvalue weighted by Gasteiger charge is -2.27. The molecule has 0 unspecified atom stereocenters. The van der Waals surface area contributed by atoms with Crippen LogP contribution in [-0.4, -0.2) is 12.5 Å². The maximum Gasteiger partial charge on any atom is 0.185 e. The summed E-state index contributed by atoms with van der Waals surface area (Å²) in [4.78, 5) is 4.22. The SMILES string of the molecule is I.NC(N)=NCC1(c2ccc(Cl)cc2)CCCC1. The molecule has 1 saturated carbocycles. The van der Waals surface area contributed by atoms with E-state index in [0.29, 0.717) is 6.54 Å². The Morgan fingerprint density at radius 1 is 1.17 bits per heavy atom. The second-order valence-corrected chi connectivity index (χ2v) is 5.17. The molecule has 1 aromatic carbocycles. The highest BCUT2D eigenvalue weighted by atomic mass is 127. The van der Waals surface area contributed by atoms with Gasteiger partial charge in [-0.1, -0.05) is 36.6 Å². The van der Waals surface area contributed by atoms with Gasteiger partial charge in [0.05, 0.1) is 6.54 Å². The van der Waals surface area contributed by atoms with Crippen molar-refractivity contribution in [2.75, 3.05) is 6.54 Å². The van der Waals surface area contributed by atoms with Crippen molar-refractivity contribution >= 4 is 41.5 Å². The molecule has 0 atom stereocenters. The maximum absolute atomic E-state index is 5.92. The fourth-order valence-corrected chi connectivity index (χ4v) is 2.76. The molecule has 100 valence electrons. The molecule has 0 aromatic heterocycles. The molecule has 4 N–H and O–H groups in total. The van der Waals surface area contributed by atoms with Gasteiger partial charge in [0, 0.05) is 10.4 Å². The smallest absolute Gasteiger partial charge is 0.185 e. The summed E-state index contributed by atoms with van der Waals surface area (Å²) in [6.07, 6.45) is 4.77. The highest BCUT2D eigenvalue weighted by Gasteiger charge is 2.35. The number of benzene rings is 1. The molecular formula is C13H19ClIN3. The second-order valence-electron chi connectivity index (χ2n) is 4.74. The van der Waals surface area contributed by atoms with Crippen molar-refractivity contribution in [3.63, 3.8) is 0 Å². The van der Waals surface area contributed by atoms with Gasteiger partial charge in [0.1, 0.15) is 0 Å². The Balaban J connectivity index is 0.00000162. The molecule has 0 spiro atoms. The minimum Gasteiger partial charge on any atom is -0.370 e. The van der Waals surface area contributed by atoms with Gasteiger partial charge in [0.25, 0.3) is 0 Å². The van der Waals surface area contributed by atoms with Crippen LogP contribution in [0, 0.1) is 0 Å². The normalized spacial score (nSPS) is 16.9. The average molecular weight is 380 g/mol. The van der Waals surface area contributed by atoms with Crippen LogP contribution in [0.3, 0.4) is 0 Å². The van der Waals surface area contributed by atoms with Gasteiger partial charge in [-0.25, -0.2) is 0 Å². The van der Waals surface area contributed by atoms with Gasteiger partial charge in [-0.15, -0.1) is 24.0 Å². The van der Waals surface area contributed by atoms with Crippen LogP contribution in [-0.2, 0) is 5.41 Å². The third-order valence-electron chi connectivity index (χ3n) is 3.58. The lowest BCUT2D eigenvalue weighted by atomic mass is 9.79. The predicted molar refractivity (Wildman–Crippen MR) is 87.7 cm³/mol. The molecular weight excluding hydrogens is 361 g/mol. The lowest BCUT2D eigenvalue weighted by Crippen LogP contribution is -2.30. The van der Waals surface area contributed by atoms with Crippen LogP contribution in [0.4, 0.5) is 0 Å². The summed E-state index contributed by atoms with van der Waals surface area (Å²) in [5.74, 6) is 0.172. The molecule has 18 heavy (non-hydrogen) atoms. The Bertz CT molecular complexity index is 407. The van der Waals surface area contributed by atoms with Crippen LogP contribution < -0.4 is 11.5 Å². The van der Waals surface area contributed by atoms with Crippen LogP contribution >= 0.6 is 35.6 Å². The molecule has 0 radical (unpaired) electrons. The third kappa shape index (κ3) is 3.51. The van der Waals surface area contributed by atoms with E-state index in [1.54, 1.807) is 0 Å². The summed E-state index contributed by atoms with van der Waals surface area (Å²) in [5, 5.41) is 0.767. The highest BCUT2D eigenvalue weighted by molar-refractivity contribution is 14.0. The van der Waals surface area contributed by atoms with Gasteiger partial charge in [-0.2, -0.15) is 0 Å². The molecule has 0 amide bonds. The quantitative estimate of drug-likeness (QED) is 0.482. The second kappa shape index (κ2) is 6.61. The standard InChI is InChI=1S/C13H18ClN3.HI/c14-11-5-3-10(4-6-11)13(7-1-2-8-13)9-17-12(15)16;/h3-6H,1-2,7-9H2,(H4,15,16,17);1H. The van der Waals surface area contributed by atoms with E-state index in [9.17, 15) is 0 Å². The van der Waals surface area contributed by atoms with Gasteiger partial charge >= 0.3 is 0 Å². The summed E-state index contributed by atoms with van der Waals surface area (Å²) in [6, 6.07) is 8.06. The largest absolute Gasteiger partial charge is 0.370 e. The molecule has 0 bridgehead atoms. The zero-order valence-electron chi connectivity index (χ0n) is 10.2. The number of halogens is 2. The van der Waals surface area contributed by atoms with E-state index in [4.69, 9.17) is 23.1 Å². The fraction of sp³-hybridized carbons (Fsp3) is 0.462. The molecule has 1 aromatic rings. The Morgan fingerprint density at radius 3 is 2.22 bits per heavy atom. The molecule has 0 aliphatic heterocycles. The zero-order valence-corrected chi connectivity index (χ0v) is 13.3. The molecule has 0 heterocycles. The molecule has 1 fully saturated rings. The monoisotopic (exact) mass is 379 g/mol. The number of guanidine groups is 1. The number of nitrogens with two attached hydrogens (primary N) is 2. The van der Waals surface area contributed by atoms with Crippen molar-refractivity contribution in [1.29, 1.82) is 0 Å². The van der Waals surface area contributed by atoms with Crippen LogP contribution in [0.15, 0.2) is 29.3 Å². The van der Waals surface area contributed by atoms with Crippen molar-refractivity contribution < 1.29 is 0 Å². The molecule has 1 aliphatic rings. The molecule has 5 heteroatoms. The Hall–Kier alpha value is -0.490. The number of aliphatic imine (C=N–C) groups is 1. The van der Waals surface area contributed by atoms with Crippen molar-refractivity contribution in [3.05, 3.63) is 34.9 Å². The van der Waals surface area contributed by atoms with Crippen molar-refractivity contribution in [2.24, 2.45) is 16.5 Å². The summed E-state index contributed by atoms with van der Waals surface area (Å²) >= 11 is 5.92. The Kier molecular flexibility index (Phi) is 5.72. The van der Waals surface area contributed by atoms with Crippen LogP contribution in [0.2, 0.25) is 5.02 Å². The third-order valence-corrected chi connectivity index (χ3v) is 3.83. The molecule has 3 nitrogen and oxygen atoms in total. The van der Waals surface area contributed by atoms with Gasteiger partial charge in [-0.3, -0.25) is 4.99 Å². The van der Waals surface area contributed by atoms with Gasteiger partial charge in [0.15, 0.2) is 5.96 Å².